The Bertz CT molecular complexity index is 324. The number of nitrogens with one attached hydrogen (secondary N) is 1. The SMILES string of the molecule is CC(=O)CNc1cc(N(C)C)ncn1. The van der Waals surface area contributed by atoms with E-state index in [0.29, 0.717) is 12.4 Å². The van der Waals surface area contributed by atoms with Crippen LogP contribution in [-0.4, -0.2) is 36.4 Å². The lowest BCUT2D eigenvalue weighted by Gasteiger charge is -2.11. The van der Waals surface area contributed by atoms with Crippen LogP contribution in [0.5, 0.6) is 0 Å². The zero-order valence-electron chi connectivity index (χ0n) is 8.61. The predicted molar refractivity (Wildman–Crippen MR) is 55.5 cm³/mol. The molecule has 0 bridgehead atoms. The normalized spacial score (nSPS) is 9.64. The van der Waals surface area contributed by atoms with E-state index in [2.05, 4.69) is 15.3 Å². The Balaban J connectivity index is 2.68. The van der Waals surface area contributed by atoms with Crippen LogP contribution in [0.25, 0.3) is 0 Å². The van der Waals surface area contributed by atoms with E-state index < -0.39 is 0 Å². The molecule has 5 nitrogen and oxygen atoms in total. The second-order valence-electron chi connectivity index (χ2n) is 3.21. The number of Topliss-reactive ketones (excluding diaryl/α,β-unsaturated/α-hetero) is 1. The molecule has 14 heavy (non-hydrogen) atoms. The molecule has 0 amide bonds. The molecule has 0 atom stereocenters. The molecule has 0 fully saturated rings. The molecule has 0 aliphatic carbocycles. The van der Waals surface area contributed by atoms with Gasteiger partial charge in [-0.25, -0.2) is 9.97 Å². The van der Waals surface area contributed by atoms with E-state index in [1.807, 2.05) is 19.0 Å². The molecular weight excluding hydrogens is 180 g/mol. The molecule has 76 valence electrons. The third-order valence-corrected chi connectivity index (χ3v) is 1.63. The van der Waals surface area contributed by atoms with E-state index in [1.54, 1.807) is 6.07 Å². The van der Waals surface area contributed by atoms with Gasteiger partial charge in [-0.2, -0.15) is 0 Å². The predicted octanol–water partition coefficient (Wildman–Crippen LogP) is 0.543. The number of rotatable bonds is 4. The van der Waals surface area contributed by atoms with Gasteiger partial charge in [0.1, 0.15) is 23.7 Å². The molecule has 0 unspecified atom stereocenters. The van der Waals surface area contributed by atoms with Crippen molar-refractivity contribution in [2.45, 2.75) is 6.92 Å². The van der Waals surface area contributed by atoms with E-state index in [4.69, 9.17) is 0 Å². The Labute approximate surface area is 83.2 Å². The molecule has 1 aromatic heterocycles. The van der Waals surface area contributed by atoms with Gasteiger partial charge >= 0.3 is 0 Å². The van der Waals surface area contributed by atoms with Crippen molar-refractivity contribution in [3.63, 3.8) is 0 Å². The molecule has 5 heteroatoms. The summed E-state index contributed by atoms with van der Waals surface area (Å²) in [5.41, 5.74) is 0. The van der Waals surface area contributed by atoms with Crippen molar-refractivity contribution in [2.75, 3.05) is 30.9 Å². The number of hydrogen-bond donors (Lipinski definition) is 1. The van der Waals surface area contributed by atoms with Gasteiger partial charge in [0.15, 0.2) is 0 Å². The summed E-state index contributed by atoms with van der Waals surface area (Å²) in [6.07, 6.45) is 1.47. The summed E-state index contributed by atoms with van der Waals surface area (Å²) in [6.45, 7) is 1.82. The first-order valence-electron chi connectivity index (χ1n) is 4.32. The zero-order valence-corrected chi connectivity index (χ0v) is 8.61. The van der Waals surface area contributed by atoms with Crippen molar-refractivity contribution >= 4 is 17.4 Å². The van der Waals surface area contributed by atoms with Crippen molar-refractivity contribution < 1.29 is 4.79 Å². The second kappa shape index (κ2) is 4.55. The summed E-state index contributed by atoms with van der Waals surface area (Å²) in [5.74, 6) is 1.56. The topological polar surface area (TPSA) is 58.1 Å². The van der Waals surface area contributed by atoms with Gasteiger partial charge in [0.25, 0.3) is 0 Å². The summed E-state index contributed by atoms with van der Waals surface area (Å²) in [6, 6.07) is 1.79. The van der Waals surface area contributed by atoms with E-state index >= 15 is 0 Å². The van der Waals surface area contributed by atoms with Crippen molar-refractivity contribution in [1.29, 1.82) is 0 Å². The Morgan fingerprint density at radius 1 is 1.50 bits per heavy atom. The zero-order chi connectivity index (χ0) is 10.6. The van der Waals surface area contributed by atoms with Crippen LogP contribution in [0.15, 0.2) is 12.4 Å². The van der Waals surface area contributed by atoms with Gasteiger partial charge in [-0.05, 0) is 6.92 Å². The Kier molecular flexibility index (Phi) is 3.39. The fourth-order valence-corrected chi connectivity index (χ4v) is 0.903. The average Bonchev–Trinajstić information content (AvgIpc) is 2.15. The third-order valence-electron chi connectivity index (χ3n) is 1.63. The first-order valence-corrected chi connectivity index (χ1v) is 4.32. The van der Waals surface area contributed by atoms with Crippen LogP contribution in [-0.2, 0) is 4.79 Å². The molecular formula is C9H14N4O. The lowest BCUT2D eigenvalue weighted by Crippen LogP contribution is -2.14. The van der Waals surface area contributed by atoms with Crippen molar-refractivity contribution in [1.82, 2.24) is 9.97 Å². The van der Waals surface area contributed by atoms with Gasteiger partial charge < -0.3 is 10.2 Å². The summed E-state index contributed by atoms with van der Waals surface area (Å²) in [7, 11) is 3.80. The van der Waals surface area contributed by atoms with Crippen LogP contribution in [0.3, 0.4) is 0 Å². The standard InChI is InChI=1S/C9H14N4O/c1-7(14)5-10-8-4-9(13(2)3)12-6-11-8/h4,6H,5H2,1-3H3,(H,10,11,12). The smallest absolute Gasteiger partial charge is 0.148 e. The summed E-state index contributed by atoms with van der Waals surface area (Å²) >= 11 is 0. The first-order chi connectivity index (χ1) is 6.59. The molecule has 0 aliphatic rings. The molecule has 0 aliphatic heterocycles. The highest BCUT2D eigenvalue weighted by atomic mass is 16.1. The Morgan fingerprint density at radius 3 is 2.79 bits per heavy atom. The van der Waals surface area contributed by atoms with Gasteiger partial charge in [0.05, 0.1) is 6.54 Å². The maximum absolute atomic E-state index is 10.7. The molecule has 0 aromatic carbocycles. The number of aromatic nitrogens is 2. The van der Waals surface area contributed by atoms with Crippen LogP contribution >= 0.6 is 0 Å². The highest BCUT2D eigenvalue weighted by molar-refractivity contribution is 5.80. The molecule has 0 saturated heterocycles. The van der Waals surface area contributed by atoms with Crippen LogP contribution in [0.2, 0.25) is 0 Å². The average molecular weight is 194 g/mol. The number of carbonyl (C=O) groups is 1. The summed E-state index contributed by atoms with van der Waals surface area (Å²) in [4.78, 5) is 20.6. The Morgan fingerprint density at radius 2 is 2.21 bits per heavy atom. The number of anilines is 2. The van der Waals surface area contributed by atoms with E-state index in [0.717, 1.165) is 5.82 Å². The maximum Gasteiger partial charge on any atom is 0.148 e. The van der Waals surface area contributed by atoms with E-state index in [-0.39, 0.29) is 5.78 Å². The highest BCUT2D eigenvalue weighted by Crippen LogP contribution is 2.10. The largest absolute Gasteiger partial charge is 0.363 e. The number of nitrogens with zero attached hydrogens (tertiary/aromatic N) is 3. The van der Waals surface area contributed by atoms with E-state index in [9.17, 15) is 4.79 Å². The van der Waals surface area contributed by atoms with Gasteiger partial charge in [-0.15, -0.1) is 0 Å². The third kappa shape index (κ3) is 3.01. The van der Waals surface area contributed by atoms with Crippen molar-refractivity contribution in [3.8, 4) is 0 Å². The fourth-order valence-electron chi connectivity index (χ4n) is 0.903. The fraction of sp³-hybridized carbons (Fsp3) is 0.444. The number of carbonyl (C=O) groups excluding carboxylic acids is 1. The molecule has 0 radical (unpaired) electrons. The number of hydrogen-bond acceptors (Lipinski definition) is 5. The minimum atomic E-state index is 0.0787. The van der Waals surface area contributed by atoms with Gasteiger partial charge in [-0.3, -0.25) is 4.79 Å². The quantitative estimate of drug-likeness (QED) is 0.758. The summed E-state index contributed by atoms with van der Waals surface area (Å²) in [5, 5.41) is 2.91. The molecule has 0 saturated carbocycles. The molecule has 1 N–H and O–H groups in total. The monoisotopic (exact) mass is 194 g/mol. The second-order valence-corrected chi connectivity index (χ2v) is 3.21. The Hall–Kier alpha value is -1.65. The lowest BCUT2D eigenvalue weighted by atomic mass is 10.4. The van der Waals surface area contributed by atoms with Crippen LogP contribution < -0.4 is 10.2 Å². The van der Waals surface area contributed by atoms with Gasteiger partial charge in [0, 0.05) is 20.2 Å². The van der Waals surface area contributed by atoms with Gasteiger partial charge in [-0.1, -0.05) is 0 Å². The molecule has 1 rings (SSSR count). The molecule has 0 spiro atoms. The lowest BCUT2D eigenvalue weighted by molar-refractivity contribution is -0.115. The first kappa shape index (κ1) is 10.4. The van der Waals surface area contributed by atoms with Crippen LogP contribution in [0, 0.1) is 0 Å². The van der Waals surface area contributed by atoms with E-state index in [1.165, 1.54) is 13.3 Å². The van der Waals surface area contributed by atoms with Crippen LogP contribution in [0.4, 0.5) is 11.6 Å². The van der Waals surface area contributed by atoms with Crippen molar-refractivity contribution in [2.24, 2.45) is 0 Å². The maximum atomic E-state index is 10.7. The minimum Gasteiger partial charge on any atom is -0.363 e. The van der Waals surface area contributed by atoms with Crippen molar-refractivity contribution in [3.05, 3.63) is 12.4 Å². The minimum absolute atomic E-state index is 0.0787. The van der Waals surface area contributed by atoms with Gasteiger partial charge in [0.2, 0.25) is 0 Å². The summed E-state index contributed by atoms with van der Waals surface area (Å²) < 4.78 is 0. The number of ketones is 1. The molecule has 1 heterocycles. The highest BCUT2D eigenvalue weighted by Gasteiger charge is 2.00. The van der Waals surface area contributed by atoms with Crippen LogP contribution in [0.1, 0.15) is 6.92 Å². The molecule has 1 aromatic rings.